The van der Waals surface area contributed by atoms with Crippen molar-refractivity contribution in [2.45, 2.75) is 57.9 Å². The molecule has 1 aliphatic carbocycles. The molecule has 4 rings (SSSR count). The molecule has 4 heteroatoms. The smallest absolute Gasteiger partial charge is 0.229 e. The highest BCUT2D eigenvalue weighted by atomic mass is 16.2. The van der Waals surface area contributed by atoms with Gasteiger partial charge in [-0.1, -0.05) is 30.3 Å². The van der Waals surface area contributed by atoms with Gasteiger partial charge in [0.05, 0.1) is 5.92 Å². The number of carbonyl (C=O) groups is 1. The van der Waals surface area contributed by atoms with Crippen molar-refractivity contribution in [3.8, 4) is 0 Å². The van der Waals surface area contributed by atoms with Crippen LogP contribution in [0.2, 0.25) is 0 Å². The molecule has 1 unspecified atom stereocenters. The van der Waals surface area contributed by atoms with E-state index in [-0.39, 0.29) is 11.8 Å². The van der Waals surface area contributed by atoms with Crippen molar-refractivity contribution < 1.29 is 4.79 Å². The van der Waals surface area contributed by atoms with Gasteiger partial charge in [0, 0.05) is 37.4 Å². The Morgan fingerprint density at radius 1 is 1.15 bits per heavy atom. The number of hydrogen-bond donors (Lipinski definition) is 0. The molecule has 1 saturated carbocycles. The van der Waals surface area contributed by atoms with Crippen molar-refractivity contribution in [2.75, 3.05) is 13.1 Å². The van der Waals surface area contributed by atoms with Gasteiger partial charge in [-0.2, -0.15) is 0 Å². The summed E-state index contributed by atoms with van der Waals surface area (Å²) in [5.74, 6) is 2.85. The van der Waals surface area contributed by atoms with Crippen LogP contribution in [0.3, 0.4) is 0 Å². The molecule has 0 radical (unpaired) electrons. The van der Waals surface area contributed by atoms with E-state index in [2.05, 4.69) is 33.5 Å². The molecule has 1 aromatic heterocycles. The lowest BCUT2D eigenvalue weighted by Gasteiger charge is -2.34. The zero-order chi connectivity index (χ0) is 18.1. The predicted molar refractivity (Wildman–Crippen MR) is 103 cm³/mol. The average molecular weight is 351 g/mol. The van der Waals surface area contributed by atoms with E-state index in [0.717, 1.165) is 38.0 Å². The Balaban J connectivity index is 1.34. The largest absolute Gasteiger partial charge is 0.342 e. The van der Waals surface area contributed by atoms with Crippen LogP contribution in [0, 0.1) is 12.8 Å². The molecule has 1 aromatic carbocycles. The molecular weight excluding hydrogens is 322 g/mol. The van der Waals surface area contributed by atoms with Crippen molar-refractivity contribution in [3.63, 3.8) is 0 Å². The minimum atomic E-state index is -0.0508. The zero-order valence-electron chi connectivity index (χ0n) is 15.9. The topological polar surface area (TPSA) is 38.1 Å². The second-order valence-corrected chi connectivity index (χ2v) is 8.04. The van der Waals surface area contributed by atoms with Crippen LogP contribution in [0.5, 0.6) is 0 Å². The molecule has 1 saturated heterocycles. The van der Waals surface area contributed by atoms with Crippen LogP contribution in [-0.4, -0.2) is 33.4 Å². The fourth-order valence-electron chi connectivity index (χ4n) is 4.14. The molecule has 2 aliphatic rings. The minimum Gasteiger partial charge on any atom is -0.342 e. The Morgan fingerprint density at radius 2 is 1.85 bits per heavy atom. The first-order valence-corrected chi connectivity index (χ1v) is 9.99. The number of nitrogens with zero attached hydrogens (tertiary/aromatic N) is 3. The summed E-state index contributed by atoms with van der Waals surface area (Å²) in [6, 6.07) is 10.1. The first-order chi connectivity index (χ1) is 12.6. The Bertz CT molecular complexity index is 755. The second-order valence-electron chi connectivity index (χ2n) is 8.04. The Kier molecular flexibility index (Phi) is 4.84. The predicted octanol–water partition coefficient (Wildman–Crippen LogP) is 4.11. The molecule has 2 heterocycles. The lowest BCUT2D eigenvalue weighted by Crippen LogP contribution is -2.41. The number of imidazole rings is 1. The number of hydrogen-bond acceptors (Lipinski definition) is 2. The average Bonchev–Trinajstić information content (AvgIpc) is 3.46. The summed E-state index contributed by atoms with van der Waals surface area (Å²) >= 11 is 0. The molecule has 2 fully saturated rings. The SMILES string of the molecule is Cc1cnc(C2CC2)n1CC1CCN(C(=O)C(C)c2ccccc2)CC1. The summed E-state index contributed by atoms with van der Waals surface area (Å²) in [6.07, 6.45) is 6.79. The summed E-state index contributed by atoms with van der Waals surface area (Å²) in [5.41, 5.74) is 2.39. The van der Waals surface area contributed by atoms with Crippen LogP contribution >= 0.6 is 0 Å². The van der Waals surface area contributed by atoms with Crippen LogP contribution in [0.25, 0.3) is 0 Å². The molecule has 0 bridgehead atoms. The molecular formula is C22H29N3O. The van der Waals surface area contributed by atoms with E-state index < -0.39 is 0 Å². The highest BCUT2D eigenvalue weighted by molar-refractivity contribution is 5.83. The van der Waals surface area contributed by atoms with E-state index in [4.69, 9.17) is 0 Å². The number of rotatable bonds is 5. The van der Waals surface area contributed by atoms with Crippen LogP contribution in [0.4, 0.5) is 0 Å². The van der Waals surface area contributed by atoms with Crippen molar-refractivity contribution in [3.05, 3.63) is 53.6 Å². The number of carbonyl (C=O) groups excluding carboxylic acids is 1. The third-order valence-corrected chi connectivity index (χ3v) is 6.07. The lowest BCUT2D eigenvalue weighted by molar-refractivity contribution is -0.133. The fourth-order valence-corrected chi connectivity index (χ4v) is 4.14. The van der Waals surface area contributed by atoms with Crippen molar-refractivity contribution in [1.82, 2.24) is 14.5 Å². The molecule has 1 amide bonds. The first-order valence-electron chi connectivity index (χ1n) is 9.99. The number of aromatic nitrogens is 2. The van der Waals surface area contributed by atoms with Gasteiger partial charge >= 0.3 is 0 Å². The van der Waals surface area contributed by atoms with Crippen LogP contribution in [0.15, 0.2) is 36.5 Å². The minimum absolute atomic E-state index is 0.0508. The van der Waals surface area contributed by atoms with Crippen molar-refractivity contribution in [2.24, 2.45) is 5.92 Å². The van der Waals surface area contributed by atoms with Gasteiger partial charge < -0.3 is 9.47 Å². The highest BCUT2D eigenvalue weighted by Crippen LogP contribution is 2.40. The molecule has 1 atom stereocenters. The Hall–Kier alpha value is -2.10. The monoisotopic (exact) mass is 351 g/mol. The summed E-state index contributed by atoms with van der Waals surface area (Å²) in [7, 11) is 0. The van der Waals surface area contributed by atoms with Gasteiger partial charge in [0.2, 0.25) is 5.91 Å². The Labute approximate surface area is 156 Å². The maximum Gasteiger partial charge on any atom is 0.229 e. The van der Waals surface area contributed by atoms with Gasteiger partial charge in [0.25, 0.3) is 0 Å². The van der Waals surface area contributed by atoms with Gasteiger partial charge in [0.1, 0.15) is 5.82 Å². The van der Waals surface area contributed by atoms with E-state index in [1.165, 1.54) is 24.4 Å². The quantitative estimate of drug-likeness (QED) is 0.813. The summed E-state index contributed by atoms with van der Waals surface area (Å²) < 4.78 is 2.44. The van der Waals surface area contributed by atoms with Crippen molar-refractivity contribution in [1.29, 1.82) is 0 Å². The number of aryl methyl sites for hydroxylation is 1. The molecule has 1 aliphatic heterocycles. The highest BCUT2D eigenvalue weighted by Gasteiger charge is 2.31. The number of likely N-dealkylation sites (tertiary alicyclic amines) is 1. The summed E-state index contributed by atoms with van der Waals surface area (Å²) in [5, 5.41) is 0. The Morgan fingerprint density at radius 3 is 2.50 bits per heavy atom. The lowest BCUT2D eigenvalue weighted by atomic mass is 9.94. The zero-order valence-corrected chi connectivity index (χ0v) is 15.9. The van der Waals surface area contributed by atoms with Gasteiger partial charge in [-0.05, 0) is 51.0 Å². The van der Waals surface area contributed by atoms with Crippen LogP contribution < -0.4 is 0 Å². The van der Waals surface area contributed by atoms with Gasteiger partial charge in [-0.15, -0.1) is 0 Å². The van der Waals surface area contributed by atoms with Gasteiger partial charge in [-0.25, -0.2) is 4.98 Å². The number of piperidine rings is 1. The van der Waals surface area contributed by atoms with E-state index in [1.807, 2.05) is 31.3 Å². The third-order valence-electron chi connectivity index (χ3n) is 6.07. The standard InChI is InChI=1S/C22H29N3O/c1-16-14-23-21(20-8-9-20)25(16)15-18-10-12-24(13-11-18)22(26)17(2)19-6-4-3-5-7-19/h3-7,14,17-18,20H,8-13,15H2,1-2H3. The van der Waals surface area contributed by atoms with Crippen LogP contribution in [-0.2, 0) is 11.3 Å². The van der Waals surface area contributed by atoms with Crippen molar-refractivity contribution >= 4 is 5.91 Å². The molecule has 4 nitrogen and oxygen atoms in total. The summed E-state index contributed by atoms with van der Waals surface area (Å²) in [4.78, 5) is 19.5. The third kappa shape index (κ3) is 3.55. The van der Waals surface area contributed by atoms with E-state index >= 15 is 0 Å². The summed E-state index contributed by atoms with van der Waals surface area (Å²) in [6.45, 7) is 7.02. The van der Waals surface area contributed by atoms with Gasteiger partial charge in [-0.3, -0.25) is 4.79 Å². The number of amides is 1. The normalized spacial score (nSPS) is 19.5. The molecule has 2 aromatic rings. The van der Waals surface area contributed by atoms with E-state index in [1.54, 1.807) is 0 Å². The van der Waals surface area contributed by atoms with Crippen LogP contribution in [0.1, 0.15) is 61.5 Å². The van der Waals surface area contributed by atoms with E-state index in [9.17, 15) is 4.79 Å². The number of benzene rings is 1. The molecule has 0 spiro atoms. The van der Waals surface area contributed by atoms with E-state index in [0.29, 0.717) is 11.8 Å². The fraction of sp³-hybridized carbons (Fsp3) is 0.545. The second kappa shape index (κ2) is 7.26. The first kappa shape index (κ1) is 17.3. The maximum atomic E-state index is 12.8. The maximum absolute atomic E-state index is 12.8. The van der Waals surface area contributed by atoms with Gasteiger partial charge in [0.15, 0.2) is 0 Å². The molecule has 0 N–H and O–H groups in total. The molecule has 26 heavy (non-hydrogen) atoms. The molecule has 138 valence electrons.